The molecular weight excluding hydrogens is 297 g/mol. The number of H-pyrrole nitrogens is 1. The van der Waals surface area contributed by atoms with E-state index in [0.29, 0.717) is 22.4 Å². The molecular formula is C16H22FN3OSi. The third kappa shape index (κ3) is 3.06. The van der Waals surface area contributed by atoms with E-state index < -0.39 is 8.07 Å². The van der Waals surface area contributed by atoms with Crippen LogP contribution in [0.2, 0.25) is 25.2 Å². The molecule has 118 valence electrons. The van der Waals surface area contributed by atoms with Gasteiger partial charge in [-0.2, -0.15) is 0 Å². The molecule has 0 bridgehead atoms. The number of nitrogens with zero attached hydrogens (tertiary/aromatic N) is 1. The van der Waals surface area contributed by atoms with Crippen molar-refractivity contribution in [2.75, 3.05) is 0 Å². The summed E-state index contributed by atoms with van der Waals surface area (Å²) in [4.78, 5) is 19.5. The van der Waals surface area contributed by atoms with E-state index in [1.165, 1.54) is 18.2 Å². The Morgan fingerprint density at radius 3 is 2.73 bits per heavy atom. The number of rotatable bonds is 2. The van der Waals surface area contributed by atoms with Gasteiger partial charge in [0.2, 0.25) is 0 Å². The Hall–Kier alpha value is -1.69. The maximum atomic E-state index is 13.9. The minimum Gasteiger partial charge on any atom is -0.348 e. The summed E-state index contributed by atoms with van der Waals surface area (Å²) in [5, 5.41) is 3.44. The second-order valence-electron chi connectivity index (χ2n) is 7.10. The van der Waals surface area contributed by atoms with Gasteiger partial charge in [0.1, 0.15) is 17.2 Å². The molecule has 0 spiro atoms. The molecule has 1 saturated heterocycles. The number of nitrogens with one attached hydrogen (secondary N) is 2. The summed E-state index contributed by atoms with van der Waals surface area (Å²) in [6, 6.07) is 5.67. The van der Waals surface area contributed by atoms with E-state index in [1.807, 2.05) is 0 Å². The van der Waals surface area contributed by atoms with Crippen molar-refractivity contribution in [2.45, 2.75) is 51.0 Å². The molecule has 0 aromatic carbocycles. The molecule has 0 saturated carbocycles. The zero-order chi connectivity index (χ0) is 15.9. The van der Waals surface area contributed by atoms with Crippen molar-refractivity contribution >= 4 is 25.0 Å². The largest absolute Gasteiger partial charge is 0.348 e. The smallest absolute Gasteiger partial charge is 0.267 e. The lowest BCUT2D eigenvalue weighted by Gasteiger charge is -2.33. The Balaban J connectivity index is 1.74. The number of pyridine rings is 1. The molecule has 0 aliphatic carbocycles. The van der Waals surface area contributed by atoms with Crippen molar-refractivity contribution in [1.82, 2.24) is 15.3 Å². The number of carbonyl (C=O) groups is 1. The summed E-state index contributed by atoms with van der Waals surface area (Å²) in [7, 11) is -1.02. The first-order chi connectivity index (χ1) is 10.3. The lowest BCUT2D eigenvalue weighted by molar-refractivity contribution is 0.0929. The van der Waals surface area contributed by atoms with Gasteiger partial charge in [0, 0.05) is 19.8 Å². The van der Waals surface area contributed by atoms with E-state index in [4.69, 9.17) is 0 Å². The van der Waals surface area contributed by atoms with E-state index in [9.17, 15) is 9.18 Å². The van der Waals surface area contributed by atoms with Gasteiger partial charge < -0.3 is 10.3 Å². The molecule has 4 nitrogen and oxygen atoms in total. The number of fused-ring (bicyclic) bond motifs is 1. The highest BCUT2D eigenvalue weighted by Crippen LogP contribution is 2.28. The van der Waals surface area contributed by atoms with Crippen molar-refractivity contribution in [2.24, 2.45) is 0 Å². The highest BCUT2D eigenvalue weighted by molar-refractivity contribution is 6.77. The first kappa shape index (κ1) is 15.2. The topological polar surface area (TPSA) is 57.8 Å². The number of halogens is 1. The predicted molar refractivity (Wildman–Crippen MR) is 88.4 cm³/mol. The Labute approximate surface area is 130 Å². The highest BCUT2D eigenvalue weighted by Gasteiger charge is 2.29. The third-order valence-corrected chi connectivity index (χ3v) is 7.88. The minimum absolute atomic E-state index is 0.165. The van der Waals surface area contributed by atoms with Crippen molar-refractivity contribution < 1.29 is 9.18 Å². The Morgan fingerprint density at radius 1 is 1.36 bits per heavy atom. The molecule has 0 radical (unpaired) electrons. The number of carbonyl (C=O) groups excluding carboxylic acids is 1. The molecule has 1 fully saturated rings. The molecule has 1 aliphatic rings. The fraction of sp³-hybridized carbons (Fsp3) is 0.500. The quantitative estimate of drug-likeness (QED) is 0.831. The van der Waals surface area contributed by atoms with Crippen molar-refractivity contribution in [3.8, 4) is 0 Å². The lowest BCUT2D eigenvalue weighted by atomic mass is 10.1. The van der Waals surface area contributed by atoms with E-state index >= 15 is 0 Å². The molecule has 3 rings (SSSR count). The molecule has 1 amide bonds. The SMILES string of the molecule is Cc1cc(F)c2cc(C(=O)NC3CC[Si](C)(C)CC3)[nH]c2n1. The fourth-order valence-electron chi connectivity index (χ4n) is 3.11. The molecule has 2 aromatic rings. The Kier molecular flexibility index (Phi) is 3.80. The van der Waals surface area contributed by atoms with Gasteiger partial charge in [0.15, 0.2) is 0 Å². The van der Waals surface area contributed by atoms with Crippen LogP contribution < -0.4 is 5.32 Å². The number of aromatic amines is 1. The molecule has 22 heavy (non-hydrogen) atoms. The van der Waals surface area contributed by atoms with Gasteiger partial charge in [-0.3, -0.25) is 4.79 Å². The zero-order valence-electron chi connectivity index (χ0n) is 13.3. The Bertz CT molecular complexity index is 715. The van der Waals surface area contributed by atoms with Gasteiger partial charge in [-0.1, -0.05) is 25.2 Å². The summed E-state index contributed by atoms with van der Waals surface area (Å²) in [6.45, 7) is 6.54. The first-order valence-electron chi connectivity index (χ1n) is 7.81. The van der Waals surface area contributed by atoms with Crippen molar-refractivity contribution in [3.05, 3.63) is 29.3 Å². The van der Waals surface area contributed by atoms with Gasteiger partial charge in [0.05, 0.1) is 5.39 Å². The minimum atomic E-state index is -1.02. The van der Waals surface area contributed by atoms with Crippen LogP contribution in [0.4, 0.5) is 4.39 Å². The van der Waals surface area contributed by atoms with Crippen LogP contribution in [0.15, 0.2) is 12.1 Å². The van der Waals surface area contributed by atoms with Crippen LogP contribution >= 0.6 is 0 Å². The van der Waals surface area contributed by atoms with Crippen LogP contribution in [0.1, 0.15) is 29.0 Å². The maximum Gasteiger partial charge on any atom is 0.267 e. The van der Waals surface area contributed by atoms with Crippen LogP contribution in [-0.4, -0.2) is 30.0 Å². The van der Waals surface area contributed by atoms with Crippen LogP contribution in [-0.2, 0) is 0 Å². The molecule has 6 heteroatoms. The fourth-order valence-corrected chi connectivity index (χ4v) is 5.62. The van der Waals surface area contributed by atoms with Gasteiger partial charge >= 0.3 is 0 Å². The maximum absolute atomic E-state index is 13.9. The van der Waals surface area contributed by atoms with Gasteiger partial charge in [-0.15, -0.1) is 0 Å². The summed E-state index contributed by atoms with van der Waals surface area (Å²) in [6.07, 6.45) is 2.10. The summed E-state index contributed by atoms with van der Waals surface area (Å²) in [5.41, 5.74) is 1.41. The van der Waals surface area contributed by atoms with Crippen molar-refractivity contribution in [1.29, 1.82) is 0 Å². The van der Waals surface area contributed by atoms with E-state index in [2.05, 4.69) is 28.4 Å². The van der Waals surface area contributed by atoms with E-state index in [0.717, 1.165) is 12.8 Å². The Morgan fingerprint density at radius 2 is 2.05 bits per heavy atom. The second kappa shape index (κ2) is 5.50. The second-order valence-corrected chi connectivity index (χ2v) is 12.4. The first-order valence-corrected chi connectivity index (χ1v) is 11.2. The van der Waals surface area contributed by atoms with E-state index in [-0.39, 0.29) is 17.8 Å². The number of amides is 1. The molecule has 2 aromatic heterocycles. The zero-order valence-corrected chi connectivity index (χ0v) is 14.3. The van der Waals surface area contributed by atoms with E-state index in [1.54, 1.807) is 13.0 Å². The summed E-state index contributed by atoms with van der Waals surface area (Å²) in [5.74, 6) is -0.510. The summed E-state index contributed by atoms with van der Waals surface area (Å²) >= 11 is 0. The van der Waals surface area contributed by atoms with Crippen LogP contribution in [0.25, 0.3) is 11.0 Å². The monoisotopic (exact) mass is 319 g/mol. The third-order valence-electron chi connectivity index (χ3n) is 4.60. The molecule has 3 heterocycles. The number of hydrogen-bond acceptors (Lipinski definition) is 2. The lowest BCUT2D eigenvalue weighted by Crippen LogP contribution is -2.42. The van der Waals surface area contributed by atoms with Crippen LogP contribution in [0.5, 0.6) is 0 Å². The van der Waals surface area contributed by atoms with Gasteiger partial charge in [0.25, 0.3) is 5.91 Å². The van der Waals surface area contributed by atoms with Crippen LogP contribution in [0, 0.1) is 12.7 Å². The molecule has 0 atom stereocenters. The number of aromatic nitrogens is 2. The normalized spacial score (nSPS) is 18.5. The average molecular weight is 319 g/mol. The van der Waals surface area contributed by atoms with Gasteiger partial charge in [-0.05, 0) is 31.9 Å². The standard InChI is InChI=1S/C16H22FN3OSi/c1-10-8-13(17)12-9-14(20-15(12)18-10)16(21)19-11-4-6-22(2,3)7-5-11/h8-9,11H,4-7H2,1-3H3,(H,18,20)(H,19,21). The molecule has 0 unspecified atom stereocenters. The molecule has 2 N–H and O–H groups in total. The van der Waals surface area contributed by atoms with Gasteiger partial charge in [-0.25, -0.2) is 9.37 Å². The number of hydrogen-bond donors (Lipinski definition) is 2. The average Bonchev–Trinajstić information content (AvgIpc) is 2.85. The summed E-state index contributed by atoms with van der Waals surface area (Å²) < 4.78 is 13.9. The number of aryl methyl sites for hydroxylation is 1. The van der Waals surface area contributed by atoms with Crippen molar-refractivity contribution in [3.63, 3.8) is 0 Å². The predicted octanol–water partition coefficient (Wildman–Crippen LogP) is 3.61. The highest BCUT2D eigenvalue weighted by atomic mass is 28.3. The molecule has 1 aliphatic heterocycles. The van der Waals surface area contributed by atoms with Crippen LogP contribution in [0.3, 0.4) is 0 Å².